The molecule has 3 fully saturated rings. The molecule has 0 aromatic carbocycles. The summed E-state index contributed by atoms with van der Waals surface area (Å²) in [5.41, 5.74) is 0.142. The van der Waals surface area contributed by atoms with Crippen LogP contribution in [0.2, 0.25) is 0 Å². The van der Waals surface area contributed by atoms with Gasteiger partial charge < -0.3 is 25.7 Å². The molecule has 1 unspecified atom stereocenters. The van der Waals surface area contributed by atoms with Crippen LogP contribution in [0.15, 0.2) is 10.6 Å². The van der Waals surface area contributed by atoms with E-state index in [9.17, 15) is 19.8 Å². The zero-order valence-corrected chi connectivity index (χ0v) is 15.1. The van der Waals surface area contributed by atoms with Crippen molar-refractivity contribution in [1.82, 2.24) is 15.5 Å². The van der Waals surface area contributed by atoms with Crippen molar-refractivity contribution in [3.8, 4) is 0 Å². The van der Waals surface area contributed by atoms with Gasteiger partial charge in [-0.05, 0) is 38.8 Å². The van der Waals surface area contributed by atoms with Gasteiger partial charge in [0.2, 0.25) is 5.91 Å². The van der Waals surface area contributed by atoms with Crippen LogP contribution in [0.4, 0.5) is 0 Å². The van der Waals surface area contributed by atoms with Crippen molar-refractivity contribution in [3.63, 3.8) is 0 Å². The number of carboxylic acid groups (broad SMARTS) is 1. The van der Waals surface area contributed by atoms with Crippen LogP contribution < -0.4 is 10.6 Å². The van der Waals surface area contributed by atoms with E-state index in [1.54, 1.807) is 18.7 Å². The Balaban J connectivity index is 1.45. The van der Waals surface area contributed by atoms with Crippen molar-refractivity contribution in [3.05, 3.63) is 10.6 Å². The molecule has 4 heterocycles. The van der Waals surface area contributed by atoms with Gasteiger partial charge in [0.25, 0.3) is 0 Å². The van der Waals surface area contributed by atoms with Gasteiger partial charge >= 0.3 is 5.97 Å². The second kappa shape index (κ2) is 6.57. The van der Waals surface area contributed by atoms with Crippen LogP contribution in [0.1, 0.15) is 26.2 Å². The Morgan fingerprint density at radius 1 is 1.40 bits per heavy atom. The van der Waals surface area contributed by atoms with Crippen LogP contribution >= 0.6 is 11.8 Å². The van der Waals surface area contributed by atoms with Crippen molar-refractivity contribution in [2.24, 2.45) is 11.8 Å². The molecule has 4 aliphatic heterocycles. The van der Waals surface area contributed by atoms with Gasteiger partial charge in [0.15, 0.2) is 0 Å². The van der Waals surface area contributed by atoms with Crippen molar-refractivity contribution < 1.29 is 19.8 Å². The Morgan fingerprint density at radius 3 is 2.84 bits per heavy atom. The number of hydrogen-bond acceptors (Lipinski definition) is 6. The summed E-state index contributed by atoms with van der Waals surface area (Å²) in [5.74, 6) is -1.10. The van der Waals surface area contributed by atoms with E-state index in [0.717, 1.165) is 31.0 Å². The van der Waals surface area contributed by atoms with Crippen LogP contribution in [0.3, 0.4) is 0 Å². The first-order valence-corrected chi connectivity index (χ1v) is 9.93. The lowest BCUT2D eigenvalue weighted by Crippen LogP contribution is -2.61. The number of carbonyl (C=O) groups excluding carboxylic acids is 1. The summed E-state index contributed by atoms with van der Waals surface area (Å²) < 4.78 is 0. The number of fused-ring (bicyclic) bond motifs is 1. The summed E-state index contributed by atoms with van der Waals surface area (Å²) in [5, 5.41) is 26.7. The Labute approximate surface area is 151 Å². The number of hydrogen-bond donors (Lipinski definition) is 4. The largest absolute Gasteiger partial charge is 0.477 e. The zero-order valence-electron chi connectivity index (χ0n) is 14.3. The number of amides is 1. The van der Waals surface area contributed by atoms with Crippen LogP contribution in [0, 0.1) is 11.8 Å². The van der Waals surface area contributed by atoms with Gasteiger partial charge in [-0.1, -0.05) is 0 Å². The van der Waals surface area contributed by atoms with E-state index >= 15 is 0 Å². The minimum atomic E-state index is -1.04. The third kappa shape index (κ3) is 2.89. The number of carbonyl (C=O) groups is 2. The maximum atomic E-state index is 12.2. The van der Waals surface area contributed by atoms with E-state index in [4.69, 9.17) is 0 Å². The molecule has 0 aliphatic carbocycles. The summed E-state index contributed by atoms with van der Waals surface area (Å²) in [7, 11) is 0. The molecule has 138 valence electrons. The molecule has 3 saturated heterocycles. The number of aliphatic hydroxyl groups excluding tert-OH is 1. The molecule has 0 aromatic heterocycles. The lowest BCUT2D eigenvalue weighted by molar-refractivity contribution is -0.161. The monoisotopic (exact) mass is 367 g/mol. The highest BCUT2D eigenvalue weighted by molar-refractivity contribution is 8.03. The van der Waals surface area contributed by atoms with E-state index in [1.165, 1.54) is 11.3 Å². The van der Waals surface area contributed by atoms with Gasteiger partial charge in [-0.15, -0.1) is 11.8 Å². The second-order valence-electron chi connectivity index (χ2n) is 7.57. The first-order valence-electron chi connectivity index (χ1n) is 9.05. The number of carboxylic acids is 1. The molecule has 0 aromatic rings. The van der Waals surface area contributed by atoms with E-state index in [-0.39, 0.29) is 17.6 Å². The van der Waals surface area contributed by atoms with Crippen LogP contribution in [-0.2, 0) is 9.59 Å². The van der Waals surface area contributed by atoms with Crippen molar-refractivity contribution in [2.45, 2.75) is 49.6 Å². The molecule has 8 heteroatoms. The fraction of sp³-hybridized carbons (Fsp3) is 0.765. The standard InChI is InChI=1S/C17H25N3O4S/c1-8(21)14-12-5-13(15(17(23)24)20(12)16(14)22)25-10-4-11(19-7-10)9-2-3-18-6-9/h8-12,14,18-19,21H,2-7H2,1H3,(H,23,24)/t8-,9?,10+,11+,12-,14-/m1/s1. The Hall–Kier alpha value is -1.09. The minimum Gasteiger partial charge on any atom is -0.477 e. The number of nitrogens with one attached hydrogen (secondary N) is 2. The van der Waals surface area contributed by atoms with Crippen molar-refractivity contribution in [2.75, 3.05) is 19.6 Å². The Morgan fingerprint density at radius 2 is 2.20 bits per heavy atom. The Kier molecular flexibility index (Phi) is 4.56. The maximum absolute atomic E-state index is 12.2. The smallest absolute Gasteiger partial charge is 0.353 e. The fourth-order valence-corrected chi connectivity index (χ4v) is 6.19. The van der Waals surface area contributed by atoms with Gasteiger partial charge in [-0.3, -0.25) is 4.79 Å². The van der Waals surface area contributed by atoms with Gasteiger partial charge in [0.05, 0.1) is 18.1 Å². The summed E-state index contributed by atoms with van der Waals surface area (Å²) in [6, 6.07) is 0.303. The number of aliphatic carboxylic acids is 1. The lowest BCUT2D eigenvalue weighted by atomic mass is 9.83. The first-order chi connectivity index (χ1) is 12.0. The third-order valence-corrected chi connectivity index (χ3v) is 7.33. The molecule has 1 amide bonds. The summed E-state index contributed by atoms with van der Waals surface area (Å²) in [6.07, 6.45) is 2.05. The average Bonchev–Trinajstić information content (AvgIpc) is 3.25. The lowest BCUT2D eigenvalue weighted by Gasteiger charge is -2.44. The number of nitrogens with zero attached hydrogens (tertiary/aromatic N) is 1. The molecule has 4 aliphatic rings. The van der Waals surface area contributed by atoms with Crippen molar-refractivity contribution in [1.29, 1.82) is 0 Å². The summed E-state index contributed by atoms with van der Waals surface area (Å²) >= 11 is 1.62. The predicted molar refractivity (Wildman–Crippen MR) is 93.8 cm³/mol. The number of thioether (sulfide) groups is 1. The Bertz CT molecular complexity index is 617. The number of aliphatic hydroxyl groups is 1. The van der Waals surface area contributed by atoms with E-state index in [0.29, 0.717) is 23.6 Å². The third-order valence-electron chi connectivity index (χ3n) is 5.99. The van der Waals surface area contributed by atoms with Crippen LogP contribution in [-0.4, -0.2) is 70.1 Å². The fourth-order valence-electron chi connectivity index (χ4n) is 4.74. The maximum Gasteiger partial charge on any atom is 0.353 e. The SMILES string of the molecule is C[C@@H](O)[C@H]1C(=O)N2C(C(=O)O)=C(S[C@@H]3CN[C@H](C4CCNC4)C3)C[C@H]12. The highest BCUT2D eigenvalue weighted by Gasteiger charge is 2.57. The summed E-state index contributed by atoms with van der Waals surface area (Å²) in [4.78, 5) is 26.2. The van der Waals surface area contributed by atoms with Gasteiger partial charge in [0, 0.05) is 29.2 Å². The summed E-state index contributed by atoms with van der Waals surface area (Å²) in [6.45, 7) is 4.61. The molecule has 25 heavy (non-hydrogen) atoms. The topological polar surface area (TPSA) is 102 Å². The molecule has 0 spiro atoms. The van der Waals surface area contributed by atoms with Gasteiger partial charge in [-0.25, -0.2) is 4.79 Å². The van der Waals surface area contributed by atoms with Gasteiger partial charge in [0.1, 0.15) is 5.70 Å². The normalized spacial score (nSPS) is 38.9. The van der Waals surface area contributed by atoms with Crippen LogP contribution in [0.25, 0.3) is 0 Å². The molecule has 4 N–H and O–H groups in total. The molecule has 0 bridgehead atoms. The van der Waals surface area contributed by atoms with E-state index in [2.05, 4.69) is 10.6 Å². The van der Waals surface area contributed by atoms with E-state index in [1.807, 2.05) is 0 Å². The molecule has 6 atom stereocenters. The number of rotatable bonds is 5. The van der Waals surface area contributed by atoms with Crippen molar-refractivity contribution >= 4 is 23.6 Å². The second-order valence-corrected chi connectivity index (χ2v) is 8.96. The molecule has 0 saturated carbocycles. The molecule has 4 rings (SSSR count). The minimum absolute atomic E-state index is 0.142. The molecule has 7 nitrogen and oxygen atoms in total. The average molecular weight is 367 g/mol. The quantitative estimate of drug-likeness (QED) is 0.506. The highest BCUT2D eigenvalue weighted by atomic mass is 32.2. The first kappa shape index (κ1) is 17.3. The van der Waals surface area contributed by atoms with Crippen LogP contribution in [0.5, 0.6) is 0 Å². The number of β-lactam (4-membered cyclic amide) rings is 1. The molecular formula is C17H25N3O4S. The van der Waals surface area contributed by atoms with Gasteiger partial charge in [-0.2, -0.15) is 0 Å². The predicted octanol–water partition coefficient (Wildman–Crippen LogP) is -0.0327. The zero-order chi connectivity index (χ0) is 17.7. The molecular weight excluding hydrogens is 342 g/mol. The molecule has 0 radical (unpaired) electrons. The van der Waals surface area contributed by atoms with E-state index < -0.39 is 18.0 Å². The highest BCUT2D eigenvalue weighted by Crippen LogP contribution is 2.48.